The highest BCUT2D eigenvalue weighted by Gasteiger charge is 2.24. The van der Waals surface area contributed by atoms with Crippen molar-refractivity contribution in [2.45, 2.75) is 83.7 Å². The van der Waals surface area contributed by atoms with Gasteiger partial charge >= 0.3 is 12.0 Å². The molecule has 21 heavy (non-hydrogen) atoms. The maximum Gasteiger partial charge on any atom is 0.326 e. The van der Waals surface area contributed by atoms with Crippen LogP contribution >= 0.6 is 0 Å². The van der Waals surface area contributed by atoms with Crippen molar-refractivity contribution in [1.29, 1.82) is 0 Å². The normalized spacial score (nSPS) is 23.3. The van der Waals surface area contributed by atoms with Gasteiger partial charge < -0.3 is 15.7 Å². The number of carbonyl (C=O) groups is 2. The van der Waals surface area contributed by atoms with E-state index in [-0.39, 0.29) is 12.1 Å². The quantitative estimate of drug-likeness (QED) is 0.643. The highest BCUT2D eigenvalue weighted by molar-refractivity contribution is 5.82. The Morgan fingerprint density at radius 3 is 2.33 bits per heavy atom. The van der Waals surface area contributed by atoms with Crippen LogP contribution in [0.25, 0.3) is 0 Å². The van der Waals surface area contributed by atoms with Gasteiger partial charge in [-0.25, -0.2) is 9.59 Å². The number of aliphatic carboxylic acids is 1. The van der Waals surface area contributed by atoms with Crippen LogP contribution < -0.4 is 10.6 Å². The number of amides is 2. The number of carboxylic acid groups (broad SMARTS) is 1. The average Bonchev–Trinajstić information content (AvgIpc) is 2.45. The van der Waals surface area contributed by atoms with Crippen LogP contribution in [-0.4, -0.2) is 29.2 Å². The SMILES string of the molecule is CCCCC(NC(=O)NC1CCC(CCC)CC1)C(=O)O. The molecule has 5 nitrogen and oxygen atoms in total. The predicted octanol–water partition coefficient (Wildman–Crippen LogP) is 3.29. The highest BCUT2D eigenvalue weighted by Crippen LogP contribution is 2.27. The van der Waals surface area contributed by atoms with Crippen LogP contribution in [0.2, 0.25) is 0 Å². The molecule has 1 rings (SSSR count). The minimum Gasteiger partial charge on any atom is -0.480 e. The van der Waals surface area contributed by atoms with E-state index < -0.39 is 12.0 Å². The molecule has 1 fully saturated rings. The summed E-state index contributed by atoms with van der Waals surface area (Å²) < 4.78 is 0. The van der Waals surface area contributed by atoms with Crippen LogP contribution in [0.5, 0.6) is 0 Å². The van der Waals surface area contributed by atoms with Crippen molar-refractivity contribution in [3.05, 3.63) is 0 Å². The zero-order valence-electron chi connectivity index (χ0n) is 13.4. The molecule has 0 bridgehead atoms. The van der Waals surface area contributed by atoms with Crippen LogP contribution in [0, 0.1) is 5.92 Å². The summed E-state index contributed by atoms with van der Waals surface area (Å²) in [5.41, 5.74) is 0. The van der Waals surface area contributed by atoms with Crippen molar-refractivity contribution >= 4 is 12.0 Å². The zero-order valence-corrected chi connectivity index (χ0v) is 13.4. The molecule has 0 aromatic rings. The molecule has 1 atom stereocenters. The number of unbranched alkanes of at least 4 members (excludes halogenated alkanes) is 1. The first kappa shape index (κ1) is 17.8. The van der Waals surface area contributed by atoms with Gasteiger partial charge in [-0.15, -0.1) is 0 Å². The number of nitrogens with one attached hydrogen (secondary N) is 2. The summed E-state index contributed by atoms with van der Waals surface area (Å²) >= 11 is 0. The standard InChI is InChI=1S/C16H30N2O3/c1-3-5-7-14(15(19)20)18-16(21)17-13-10-8-12(6-4-2)9-11-13/h12-14H,3-11H2,1-2H3,(H,19,20)(H2,17,18,21). The molecule has 2 amide bonds. The van der Waals surface area contributed by atoms with E-state index in [0.717, 1.165) is 44.4 Å². The largest absolute Gasteiger partial charge is 0.480 e. The van der Waals surface area contributed by atoms with Gasteiger partial charge in [0.1, 0.15) is 6.04 Å². The van der Waals surface area contributed by atoms with Gasteiger partial charge in [0.25, 0.3) is 0 Å². The van der Waals surface area contributed by atoms with Gasteiger partial charge in [0.05, 0.1) is 0 Å². The first-order valence-electron chi connectivity index (χ1n) is 8.36. The Hall–Kier alpha value is -1.26. The van der Waals surface area contributed by atoms with Crippen molar-refractivity contribution in [2.75, 3.05) is 0 Å². The highest BCUT2D eigenvalue weighted by atomic mass is 16.4. The van der Waals surface area contributed by atoms with E-state index in [9.17, 15) is 9.59 Å². The summed E-state index contributed by atoms with van der Waals surface area (Å²) in [5, 5.41) is 14.6. The maximum atomic E-state index is 11.9. The molecule has 0 heterocycles. The maximum absolute atomic E-state index is 11.9. The fourth-order valence-corrected chi connectivity index (χ4v) is 3.05. The molecule has 1 aliphatic carbocycles. The number of carboxylic acids is 1. The minimum atomic E-state index is -0.953. The lowest BCUT2D eigenvalue weighted by atomic mass is 9.83. The lowest BCUT2D eigenvalue weighted by Crippen LogP contribution is -2.49. The molecule has 5 heteroatoms. The Balaban J connectivity index is 2.31. The Labute approximate surface area is 127 Å². The minimum absolute atomic E-state index is 0.193. The van der Waals surface area contributed by atoms with Crippen molar-refractivity contribution < 1.29 is 14.7 Å². The second-order valence-corrected chi connectivity index (χ2v) is 6.16. The molecular weight excluding hydrogens is 268 g/mol. The van der Waals surface area contributed by atoms with Crippen LogP contribution in [-0.2, 0) is 4.79 Å². The molecule has 1 unspecified atom stereocenters. The first-order valence-corrected chi connectivity index (χ1v) is 8.36. The van der Waals surface area contributed by atoms with Gasteiger partial charge in [-0.3, -0.25) is 0 Å². The average molecular weight is 298 g/mol. The third-order valence-corrected chi connectivity index (χ3v) is 4.33. The number of hydrogen-bond donors (Lipinski definition) is 3. The molecule has 0 aromatic heterocycles. The van der Waals surface area contributed by atoms with Gasteiger partial charge in [0.15, 0.2) is 0 Å². The Morgan fingerprint density at radius 2 is 1.81 bits per heavy atom. The monoisotopic (exact) mass is 298 g/mol. The van der Waals surface area contributed by atoms with E-state index >= 15 is 0 Å². The van der Waals surface area contributed by atoms with E-state index in [0.29, 0.717) is 6.42 Å². The van der Waals surface area contributed by atoms with Gasteiger partial charge in [0.2, 0.25) is 0 Å². The molecule has 3 N–H and O–H groups in total. The smallest absolute Gasteiger partial charge is 0.326 e. The third-order valence-electron chi connectivity index (χ3n) is 4.33. The van der Waals surface area contributed by atoms with E-state index in [4.69, 9.17) is 5.11 Å². The molecule has 0 aliphatic heterocycles. The molecule has 0 radical (unpaired) electrons. The summed E-state index contributed by atoms with van der Waals surface area (Å²) in [6.45, 7) is 4.22. The van der Waals surface area contributed by atoms with Crippen LogP contribution in [0.4, 0.5) is 4.79 Å². The summed E-state index contributed by atoms with van der Waals surface area (Å²) in [7, 11) is 0. The second kappa shape index (κ2) is 9.64. The topological polar surface area (TPSA) is 78.4 Å². The molecule has 122 valence electrons. The van der Waals surface area contributed by atoms with Gasteiger partial charge in [-0.05, 0) is 38.0 Å². The van der Waals surface area contributed by atoms with Gasteiger partial charge in [-0.1, -0.05) is 39.5 Å². The molecular formula is C16H30N2O3. The van der Waals surface area contributed by atoms with Crippen LogP contribution in [0.3, 0.4) is 0 Å². The third kappa shape index (κ3) is 6.82. The summed E-state index contributed by atoms with van der Waals surface area (Å²) in [4.78, 5) is 23.0. The van der Waals surface area contributed by atoms with Gasteiger partial charge in [-0.2, -0.15) is 0 Å². The molecule has 0 aromatic carbocycles. The molecule has 1 saturated carbocycles. The van der Waals surface area contributed by atoms with Crippen LogP contribution in [0.1, 0.15) is 71.6 Å². The fraction of sp³-hybridized carbons (Fsp3) is 0.875. The Kier molecular flexibility index (Phi) is 8.16. The number of hydrogen-bond acceptors (Lipinski definition) is 2. The fourth-order valence-electron chi connectivity index (χ4n) is 3.05. The number of urea groups is 1. The van der Waals surface area contributed by atoms with Crippen molar-refractivity contribution in [1.82, 2.24) is 10.6 Å². The molecule has 0 saturated heterocycles. The second-order valence-electron chi connectivity index (χ2n) is 6.16. The summed E-state index contributed by atoms with van der Waals surface area (Å²) in [5.74, 6) is -0.155. The van der Waals surface area contributed by atoms with Crippen LogP contribution in [0.15, 0.2) is 0 Å². The van der Waals surface area contributed by atoms with Gasteiger partial charge in [0, 0.05) is 6.04 Å². The van der Waals surface area contributed by atoms with Crippen molar-refractivity contribution in [2.24, 2.45) is 5.92 Å². The molecule has 0 spiro atoms. The van der Waals surface area contributed by atoms with E-state index in [2.05, 4.69) is 17.6 Å². The van der Waals surface area contributed by atoms with Crippen molar-refractivity contribution in [3.8, 4) is 0 Å². The van der Waals surface area contributed by atoms with Crippen molar-refractivity contribution in [3.63, 3.8) is 0 Å². The number of rotatable bonds is 8. The summed E-state index contributed by atoms with van der Waals surface area (Å²) in [6.07, 6.45) is 9.05. The van der Waals surface area contributed by atoms with E-state index in [1.807, 2.05) is 6.92 Å². The first-order chi connectivity index (χ1) is 10.1. The lowest BCUT2D eigenvalue weighted by Gasteiger charge is -2.29. The predicted molar refractivity (Wildman–Crippen MR) is 83.3 cm³/mol. The molecule has 1 aliphatic rings. The van der Waals surface area contributed by atoms with E-state index in [1.165, 1.54) is 12.8 Å². The summed E-state index contributed by atoms with van der Waals surface area (Å²) in [6, 6.07) is -0.919. The Bertz CT molecular complexity index is 325. The lowest BCUT2D eigenvalue weighted by molar-refractivity contribution is -0.139. The zero-order chi connectivity index (χ0) is 15.7. The van der Waals surface area contributed by atoms with E-state index in [1.54, 1.807) is 0 Å². The Morgan fingerprint density at radius 1 is 1.14 bits per heavy atom. The number of carbonyl (C=O) groups excluding carboxylic acids is 1.